The fourth-order valence-corrected chi connectivity index (χ4v) is 12.2. The van der Waals surface area contributed by atoms with Gasteiger partial charge >= 0.3 is 0 Å². The van der Waals surface area contributed by atoms with Crippen molar-refractivity contribution >= 4 is 5.91 Å². The molecule has 0 spiro atoms. The van der Waals surface area contributed by atoms with E-state index in [-0.39, 0.29) is 12.5 Å². The lowest BCUT2D eigenvalue weighted by atomic mass is 9.99. The molecular weight excluding hydrogens is 1030 g/mol. The van der Waals surface area contributed by atoms with Gasteiger partial charge in [0.1, 0.15) is 24.4 Å². The van der Waals surface area contributed by atoms with Crippen LogP contribution in [0.1, 0.15) is 386 Å². The first-order valence-corrected chi connectivity index (χ1v) is 37.1. The third-order valence-corrected chi connectivity index (χ3v) is 18.0. The largest absolute Gasteiger partial charge is 0.394 e. The molecule has 0 saturated carbocycles. The SMILES string of the molecule is CCCCCCCCCC/C=C\CCCCCCCCCCCCCCCCCCCCCCCCCCCC(=O)NC(COC1OC(CO)C(O)C(O)C1O)C(O)/C=C/CCCCCCCCCCCCCCCCCCCCCCC. The average molecular weight is 1170 g/mol. The van der Waals surface area contributed by atoms with E-state index < -0.39 is 49.5 Å². The van der Waals surface area contributed by atoms with E-state index in [2.05, 4.69) is 31.3 Å². The molecule has 1 saturated heterocycles. The lowest BCUT2D eigenvalue weighted by Crippen LogP contribution is -2.60. The predicted octanol–water partition coefficient (Wildman–Crippen LogP) is 20.4. The summed E-state index contributed by atoms with van der Waals surface area (Å²) in [6, 6.07) is -0.803. The number of carbonyl (C=O) groups excluding carboxylic acids is 1. The van der Waals surface area contributed by atoms with Gasteiger partial charge in [-0.25, -0.2) is 0 Å². The molecule has 0 bridgehead atoms. The lowest BCUT2D eigenvalue weighted by Gasteiger charge is -2.40. The summed E-state index contributed by atoms with van der Waals surface area (Å²) in [6.45, 7) is 3.84. The summed E-state index contributed by atoms with van der Waals surface area (Å²) in [5.41, 5.74) is 0. The maximum absolute atomic E-state index is 13.1. The van der Waals surface area contributed by atoms with Crippen LogP contribution in [0.15, 0.2) is 24.3 Å². The molecule has 1 heterocycles. The second kappa shape index (κ2) is 63.7. The number of ether oxygens (including phenoxy) is 2. The molecule has 0 aromatic heterocycles. The van der Waals surface area contributed by atoms with Crippen LogP contribution in [0.4, 0.5) is 0 Å². The standard InChI is InChI=1S/C74H143NO8/c1-3-5-7-9-11-13-15-17-19-21-23-25-27-28-29-30-31-32-33-34-35-36-37-38-39-40-42-44-46-48-50-52-54-56-58-60-62-64-70(78)75-67(66-82-74-73(81)72(80)71(79)69(65-76)83-74)68(77)63-61-59-57-55-53-51-49-47-45-43-41-26-24-22-20-18-16-14-12-10-8-6-4-2/h21,23,61,63,67-69,71-74,76-77,79-81H,3-20,22,24-60,62,64-66H2,1-2H3,(H,75,78)/b23-21-,63-61+. The molecule has 6 N–H and O–H groups in total. The van der Waals surface area contributed by atoms with Crippen molar-refractivity contribution in [2.24, 2.45) is 0 Å². The van der Waals surface area contributed by atoms with Gasteiger partial charge in [-0.05, 0) is 44.9 Å². The van der Waals surface area contributed by atoms with Crippen LogP contribution in [0.25, 0.3) is 0 Å². The summed E-state index contributed by atoms with van der Waals surface area (Å²) in [5.74, 6) is -0.167. The smallest absolute Gasteiger partial charge is 0.220 e. The number of allylic oxidation sites excluding steroid dienone is 3. The van der Waals surface area contributed by atoms with Crippen molar-refractivity contribution < 1.29 is 39.8 Å². The molecule has 1 amide bonds. The summed E-state index contributed by atoms with van der Waals surface area (Å²) in [5, 5.41) is 54.8. The minimum absolute atomic E-state index is 0.167. The van der Waals surface area contributed by atoms with Gasteiger partial charge in [0.15, 0.2) is 6.29 Å². The summed E-state index contributed by atoms with van der Waals surface area (Å²) in [6.07, 6.45) is 77.4. The van der Waals surface area contributed by atoms with E-state index in [1.807, 2.05) is 6.08 Å². The fourth-order valence-electron chi connectivity index (χ4n) is 12.2. The molecule has 1 aliphatic rings. The maximum Gasteiger partial charge on any atom is 0.220 e. The van der Waals surface area contributed by atoms with Gasteiger partial charge in [0.2, 0.25) is 5.91 Å². The highest BCUT2D eigenvalue weighted by molar-refractivity contribution is 5.76. The van der Waals surface area contributed by atoms with Gasteiger partial charge in [0.05, 0.1) is 25.4 Å². The fraction of sp³-hybridized carbons (Fsp3) is 0.932. The van der Waals surface area contributed by atoms with E-state index in [1.165, 1.54) is 327 Å². The molecule has 1 aliphatic heterocycles. The molecule has 1 rings (SSSR count). The molecule has 7 unspecified atom stereocenters. The van der Waals surface area contributed by atoms with Crippen molar-refractivity contribution in [3.05, 3.63) is 24.3 Å². The Morgan fingerprint density at radius 3 is 0.976 bits per heavy atom. The van der Waals surface area contributed by atoms with Crippen LogP contribution in [0.2, 0.25) is 0 Å². The van der Waals surface area contributed by atoms with Crippen molar-refractivity contribution in [1.29, 1.82) is 0 Å². The Bertz CT molecular complexity index is 1360. The van der Waals surface area contributed by atoms with Gasteiger partial charge in [-0.1, -0.05) is 359 Å². The van der Waals surface area contributed by atoms with Crippen LogP contribution < -0.4 is 5.32 Å². The van der Waals surface area contributed by atoms with E-state index in [0.29, 0.717) is 6.42 Å². The highest BCUT2D eigenvalue weighted by Crippen LogP contribution is 2.24. The third kappa shape index (κ3) is 52.3. The number of nitrogens with one attached hydrogen (secondary N) is 1. The van der Waals surface area contributed by atoms with Crippen LogP contribution in [-0.4, -0.2) is 87.5 Å². The number of hydrogen-bond acceptors (Lipinski definition) is 8. The zero-order valence-electron chi connectivity index (χ0n) is 55.2. The Morgan fingerprint density at radius 1 is 0.398 bits per heavy atom. The van der Waals surface area contributed by atoms with Crippen LogP contribution in [0.3, 0.4) is 0 Å². The maximum atomic E-state index is 13.1. The Balaban J connectivity index is 2.06. The number of rotatable bonds is 66. The molecule has 7 atom stereocenters. The average Bonchev–Trinajstić information content (AvgIpc) is 3.60. The predicted molar refractivity (Wildman–Crippen MR) is 355 cm³/mol. The molecule has 0 aliphatic carbocycles. The van der Waals surface area contributed by atoms with Gasteiger partial charge in [-0.2, -0.15) is 0 Å². The summed E-state index contributed by atoms with van der Waals surface area (Å²) < 4.78 is 11.3. The minimum atomic E-state index is -1.57. The molecule has 9 nitrogen and oxygen atoms in total. The zero-order chi connectivity index (χ0) is 60.0. The quantitative estimate of drug-likeness (QED) is 0.0261. The summed E-state index contributed by atoms with van der Waals surface area (Å²) >= 11 is 0. The number of carbonyl (C=O) groups is 1. The third-order valence-electron chi connectivity index (χ3n) is 18.0. The topological polar surface area (TPSA) is 149 Å². The lowest BCUT2D eigenvalue weighted by molar-refractivity contribution is -0.302. The van der Waals surface area contributed by atoms with E-state index in [9.17, 15) is 30.3 Å². The van der Waals surface area contributed by atoms with Crippen molar-refractivity contribution in [2.45, 2.75) is 429 Å². The first kappa shape index (κ1) is 79.7. The number of aliphatic hydroxyl groups excluding tert-OH is 5. The van der Waals surface area contributed by atoms with E-state index >= 15 is 0 Å². The second-order valence-electron chi connectivity index (χ2n) is 26.1. The number of hydrogen-bond donors (Lipinski definition) is 6. The van der Waals surface area contributed by atoms with Crippen LogP contribution in [0, 0.1) is 0 Å². The van der Waals surface area contributed by atoms with Crippen LogP contribution >= 0.6 is 0 Å². The number of aliphatic hydroxyl groups is 5. The number of amides is 1. The number of unbranched alkanes of at least 4 members (excludes halogenated alkanes) is 54. The van der Waals surface area contributed by atoms with Crippen LogP contribution in [0.5, 0.6) is 0 Å². The van der Waals surface area contributed by atoms with Crippen LogP contribution in [-0.2, 0) is 14.3 Å². The normalized spacial score (nSPS) is 18.3. The monoisotopic (exact) mass is 1170 g/mol. The zero-order valence-corrected chi connectivity index (χ0v) is 55.2. The molecule has 0 aromatic carbocycles. The van der Waals surface area contributed by atoms with Gasteiger partial charge < -0.3 is 40.3 Å². The Labute approximate surface area is 515 Å². The molecular formula is C74H143NO8. The van der Waals surface area contributed by atoms with Gasteiger partial charge in [0, 0.05) is 6.42 Å². The summed E-state index contributed by atoms with van der Waals surface area (Å²) in [7, 11) is 0. The van der Waals surface area contributed by atoms with Gasteiger partial charge in [-0.3, -0.25) is 4.79 Å². The highest BCUT2D eigenvalue weighted by Gasteiger charge is 2.44. The molecule has 1 fully saturated rings. The van der Waals surface area contributed by atoms with Crippen molar-refractivity contribution in [2.75, 3.05) is 13.2 Å². The van der Waals surface area contributed by atoms with E-state index in [4.69, 9.17) is 9.47 Å². The highest BCUT2D eigenvalue weighted by atomic mass is 16.7. The molecule has 0 aromatic rings. The second-order valence-corrected chi connectivity index (χ2v) is 26.1. The van der Waals surface area contributed by atoms with E-state index in [0.717, 1.165) is 38.5 Å². The first-order valence-electron chi connectivity index (χ1n) is 37.1. The van der Waals surface area contributed by atoms with Gasteiger partial charge in [0.25, 0.3) is 0 Å². The Morgan fingerprint density at radius 2 is 0.675 bits per heavy atom. The molecule has 0 radical (unpaired) electrons. The van der Waals surface area contributed by atoms with E-state index in [1.54, 1.807) is 6.08 Å². The Hall–Kier alpha value is -1.33. The van der Waals surface area contributed by atoms with Crippen molar-refractivity contribution in [3.8, 4) is 0 Å². The molecule has 9 heteroatoms. The van der Waals surface area contributed by atoms with Gasteiger partial charge in [-0.15, -0.1) is 0 Å². The van der Waals surface area contributed by atoms with Crippen molar-refractivity contribution in [3.63, 3.8) is 0 Å². The Kier molecular flexibility index (Phi) is 61.1. The first-order chi connectivity index (χ1) is 40.8. The summed E-state index contributed by atoms with van der Waals surface area (Å²) in [4.78, 5) is 13.1. The molecule has 83 heavy (non-hydrogen) atoms. The van der Waals surface area contributed by atoms with Crippen molar-refractivity contribution in [1.82, 2.24) is 5.32 Å². The minimum Gasteiger partial charge on any atom is -0.394 e. The molecule has 492 valence electrons.